The van der Waals surface area contributed by atoms with E-state index in [1.165, 1.54) is 12.1 Å². The van der Waals surface area contributed by atoms with Crippen molar-refractivity contribution in [3.05, 3.63) is 35.4 Å². The molecule has 1 aliphatic carbocycles. The molecule has 0 aromatic heterocycles. The van der Waals surface area contributed by atoms with Gasteiger partial charge in [-0.15, -0.1) is 12.4 Å². The maximum atomic E-state index is 12.9. The van der Waals surface area contributed by atoms with Gasteiger partial charge in [-0.3, -0.25) is 4.79 Å². The zero-order valence-corrected chi connectivity index (χ0v) is 15.9. The normalized spacial score (nSPS) is 21.8. The number of carbonyl (C=O) groups excluding carboxylic acids is 1. The Bertz CT molecular complexity index is 654. The van der Waals surface area contributed by atoms with E-state index in [9.17, 15) is 18.0 Å². The van der Waals surface area contributed by atoms with E-state index in [1.807, 2.05) is 13.8 Å². The van der Waals surface area contributed by atoms with Crippen molar-refractivity contribution in [2.45, 2.75) is 44.7 Å². The van der Waals surface area contributed by atoms with Crippen LogP contribution in [0.1, 0.15) is 44.2 Å². The third-order valence-corrected chi connectivity index (χ3v) is 5.78. The standard InChI is InChI=1S/C19H25F3N2O.ClH/c1-17(2,13-4-3-5-14(10-13)19(20,21)22)12-24-16(25)15-11-18(15)6-8-23-9-7-18;/h3-5,10,15,23H,6-9,11-12H2,1-2H3,(H,24,25);1H. The Labute approximate surface area is 158 Å². The van der Waals surface area contributed by atoms with Crippen LogP contribution in [0, 0.1) is 11.3 Å². The summed E-state index contributed by atoms with van der Waals surface area (Å²) in [6, 6.07) is 5.36. The van der Waals surface area contributed by atoms with Crippen molar-refractivity contribution in [1.82, 2.24) is 10.6 Å². The summed E-state index contributed by atoms with van der Waals surface area (Å²) in [4.78, 5) is 12.5. The van der Waals surface area contributed by atoms with E-state index in [1.54, 1.807) is 6.07 Å². The number of hydrogen-bond acceptors (Lipinski definition) is 2. The summed E-state index contributed by atoms with van der Waals surface area (Å²) >= 11 is 0. The zero-order chi connectivity index (χ0) is 18.3. The molecular weight excluding hydrogens is 365 g/mol. The highest BCUT2D eigenvalue weighted by Crippen LogP contribution is 2.58. The predicted molar refractivity (Wildman–Crippen MR) is 97.4 cm³/mol. The number of benzene rings is 1. The number of halogens is 4. The first kappa shape index (κ1) is 21.0. The summed E-state index contributed by atoms with van der Waals surface area (Å²) < 4.78 is 38.7. The van der Waals surface area contributed by atoms with Crippen LogP contribution in [-0.2, 0) is 16.4 Å². The Kier molecular flexibility index (Phi) is 5.98. The Morgan fingerprint density at radius 2 is 1.85 bits per heavy atom. The summed E-state index contributed by atoms with van der Waals surface area (Å²) in [5.74, 6) is 0.105. The number of hydrogen-bond donors (Lipinski definition) is 2. The Morgan fingerprint density at radius 3 is 2.46 bits per heavy atom. The van der Waals surface area contributed by atoms with Gasteiger partial charge in [-0.2, -0.15) is 13.2 Å². The lowest BCUT2D eigenvalue weighted by atomic mass is 9.83. The fourth-order valence-electron chi connectivity index (χ4n) is 3.85. The highest BCUT2D eigenvalue weighted by atomic mass is 35.5. The van der Waals surface area contributed by atoms with Crippen LogP contribution in [0.15, 0.2) is 24.3 Å². The molecule has 1 saturated heterocycles. The van der Waals surface area contributed by atoms with Crippen molar-refractivity contribution >= 4 is 18.3 Å². The minimum absolute atomic E-state index is 0. The summed E-state index contributed by atoms with van der Waals surface area (Å²) in [5.41, 5.74) is -0.474. The molecule has 26 heavy (non-hydrogen) atoms. The number of rotatable bonds is 4. The van der Waals surface area contributed by atoms with Gasteiger partial charge in [0.1, 0.15) is 0 Å². The smallest absolute Gasteiger partial charge is 0.355 e. The Balaban J connectivity index is 0.00000243. The van der Waals surface area contributed by atoms with Crippen LogP contribution in [0.2, 0.25) is 0 Å². The summed E-state index contributed by atoms with van der Waals surface area (Å²) in [5, 5.41) is 6.28. The van der Waals surface area contributed by atoms with Crippen molar-refractivity contribution in [2.75, 3.05) is 19.6 Å². The molecule has 1 saturated carbocycles. The van der Waals surface area contributed by atoms with Gasteiger partial charge in [-0.25, -0.2) is 0 Å². The van der Waals surface area contributed by atoms with Crippen molar-refractivity contribution in [1.29, 1.82) is 0 Å². The molecule has 2 N–H and O–H groups in total. The molecule has 1 amide bonds. The maximum Gasteiger partial charge on any atom is 0.416 e. The number of alkyl halides is 3. The van der Waals surface area contributed by atoms with E-state index in [4.69, 9.17) is 0 Å². The average Bonchev–Trinajstić information content (AvgIpc) is 3.26. The van der Waals surface area contributed by atoms with Gasteiger partial charge in [0.15, 0.2) is 0 Å². The van der Waals surface area contributed by atoms with Crippen LogP contribution in [-0.4, -0.2) is 25.5 Å². The lowest BCUT2D eigenvalue weighted by Crippen LogP contribution is -2.39. The molecule has 2 fully saturated rings. The summed E-state index contributed by atoms with van der Waals surface area (Å²) in [6.07, 6.45) is -1.36. The second kappa shape index (κ2) is 7.39. The van der Waals surface area contributed by atoms with Crippen LogP contribution in [0.25, 0.3) is 0 Å². The first-order valence-electron chi connectivity index (χ1n) is 8.80. The molecule has 0 radical (unpaired) electrons. The van der Waals surface area contributed by atoms with E-state index in [2.05, 4.69) is 10.6 Å². The lowest BCUT2D eigenvalue weighted by Gasteiger charge is -2.27. The quantitative estimate of drug-likeness (QED) is 0.818. The lowest BCUT2D eigenvalue weighted by molar-refractivity contribution is -0.137. The second-order valence-electron chi connectivity index (χ2n) is 8.05. The van der Waals surface area contributed by atoms with E-state index >= 15 is 0 Å². The zero-order valence-electron chi connectivity index (χ0n) is 15.1. The maximum absolute atomic E-state index is 12.9. The van der Waals surface area contributed by atoms with Crippen molar-refractivity contribution in [2.24, 2.45) is 11.3 Å². The van der Waals surface area contributed by atoms with Crippen molar-refractivity contribution < 1.29 is 18.0 Å². The molecule has 7 heteroatoms. The number of amides is 1. The molecule has 1 aliphatic heterocycles. The second-order valence-corrected chi connectivity index (χ2v) is 8.05. The molecule has 1 unspecified atom stereocenters. The monoisotopic (exact) mass is 390 g/mol. The third-order valence-electron chi connectivity index (χ3n) is 5.78. The van der Waals surface area contributed by atoms with Crippen LogP contribution in [0.5, 0.6) is 0 Å². The van der Waals surface area contributed by atoms with Crippen LogP contribution < -0.4 is 10.6 Å². The molecule has 1 spiro atoms. The van der Waals surface area contributed by atoms with Gasteiger partial charge in [0.2, 0.25) is 5.91 Å². The average molecular weight is 391 g/mol. The molecule has 0 bridgehead atoms. The summed E-state index contributed by atoms with van der Waals surface area (Å²) in [6.45, 7) is 5.96. The summed E-state index contributed by atoms with van der Waals surface area (Å²) in [7, 11) is 0. The molecule has 1 aromatic rings. The van der Waals surface area contributed by atoms with E-state index in [-0.39, 0.29) is 29.6 Å². The number of carbonyl (C=O) groups is 1. The van der Waals surface area contributed by atoms with Crippen LogP contribution in [0.3, 0.4) is 0 Å². The number of nitrogens with one attached hydrogen (secondary N) is 2. The molecule has 2 aliphatic rings. The van der Waals surface area contributed by atoms with Gasteiger partial charge in [0.25, 0.3) is 0 Å². The van der Waals surface area contributed by atoms with Gasteiger partial charge in [0, 0.05) is 17.9 Å². The van der Waals surface area contributed by atoms with E-state index in [0.29, 0.717) is 12.1 Å². The molecule has 1 atom stereocenters. The van der Waals surface area contributed by atoms with Gasteiger partial charge in [-0.1, -0.05) is 32.0 Å². The van der Waals surface area contributed by atoms with Crippen LogP contribution in [0.4, 0.5) is 13.2 Å². The molecule has 1 aromatic carbocycles. The molecule has 3 nitrogen and oxygen atoms in total. The topological polar surface area (TPSA) is 41.1 Å². The van der Waals surface area contributed by atoms with Crippen molar-refractivity contribution in [3.63, 3.8) is 0 Å². The molecule has 3 rings (SSSR count). The first-order valence-corrected chi connectivity index (χ1v) is 8.80. The van der Waals surface area contributed by atoms with E-state index < -0.39 is 17.2 Å². The van der Waals surface area contributed by atoms with Gasteiger partial charge >= 0.3 is 6.18 Å². The first-order chi connectivity index (χ1) is 11.6. The highest BCUT2D eigenvalue weighted by molar-refractivity contribution is 5.85. The SMILES string of the molecule is CC(C)(CNC(=O)C1CC12CCNCC2)c1cccc(C(F)(F)F)c1.Cl. The van der Waals surface area contributed by atoms with E-state index in [0.717, 1.165) is 38.4 Å². The van der Waals surface area contributed by atoms with Crippen molar-refractivity contribution in [3.8, 4) is 0 Å². The minimum Gasteiger partial charge on any atom is -0.355 e. The van der Waals surface area contributed by atoms with Gasteiger partial charge in [0.05, 0.1) is 5.56 Å². The largest absolute Gasteiger partial charge is 0.416 e. The molecular formula is C19H26ClF3N2O. The van der Waals surface area contributed by atoms with Gasteiger partial charge < -0.3 is 10.6 Å². The third kappa shape index (κ3) is 4.34. The minimum atomic E-state index is -4.36. The molecule has 146 valence electrons. The predicted octanol–water partition coefficient (Wildman–Crippen LogP) is 3.91. The van der Waals surface area contributed by atoms with Gasteiger partial charge in [-0.05, 0) is 49.4 Å². The van der Waals surface area contributed by atoms with Crippen LogP contribution >= 0.6 is 12.4 Å². The molecule has 1 heterocycles. The fourth-order valence-corrected chi connectivity index (χ4v) is 3.85. The fraction of sp³-hybridized carbons (Fsp3) is 0.632. The number of piperidine rings is 1. The highest BCUT2D eigenvalue weighted by Gasteiger charge is 2.57. The Morgan fingerprint density at radius 1 is 1.23 bits per heavy atom. The Hall–Kier alpha value is -1.27.